The van der Waals surface area contributed by atoms with Crippen LogP contribution in [0.5, 0.6) is 5.75 Å². The van der Waals surface area contributed by atoms with Crippen LogP contribution in [0.2, 0.25) is 5.15 Å². The molecule has 0 aliphatic carbocycles. The van der Waals surface area contributed by atoms with Crippen LogP contribution in [-0.2, 0) is 0 Å². The number of pyridine rings is 1. The summed E-state index contributed by atoms with van der Waals surface area (Å²) in [6.07, 6.45) is 0. The number of nitrogens with zero attached hydrogens (tertiary/aromatic N) is 2. The lowest BCUT2D eigenvalue weighted by atomic mass is 10.0. The second kappa shape index (κ2) is 10.1. The van der Waals surface area contributed by atoms with E-state index in [1.54, 1.807) is 26.3 Å². The number of carbonyl (C=O) groups is 1. The normalized spacial score (nSPS) is 11.9. The lowest BCUT2D eigenvalue weighted by Crippen LogP contribution is -2.38. The Morgan fingerprint density at radius 3 is 2.63 bits per heavy atom. The molecular weight excluding hydrogens is 364 g/mol. The Kier molecular flexibility index (Phi) is 7.88. The first-order chi connectivity index (χ1) is 13.0. The van der Waals surface area contributed by atoms with Gasteiger partial charge in [-0.05, 0) is 42.9 Å². The average molecular weight is 391 g/mol. The molecule has 2 aromatic rings. The molecule has 0 saturated carbocycles. The quantitative estimate of drug-likeness (QED) is 0.640. The number of anilines is 1. The first-order valence-corrected chi connectivity index (χ1v) is 9.41. The molecule has 0 spiro atoms. The highest BCUT2D eigenvalue weighted by Crippen LogP contribution is 2.24. The third kappa shape index (κ3) is 5.58. The minimum atomic E-state index is -0.184. The Labute approximate surface area is 165 Å². The molecule has 27 heavy (non-hydrogen) atoms. The summed E-state index contributed by atoms with van der Waals surface area (Å²) < 4.78 is 5.35. The molecule has 0 aliphatic heterocycles. The van der Waals surface area contributed by atoms with Gasteiger partial charge in [-0.25, -0.2) is 4.98 Å². The summed E-state index contributed by atoms with van der Waals surface area (Å²) in [5.41, 5.74) is 1.57. The fraction of sp³-hybridized carbons (Fsp3) is 0.400. The van der Waals surface area contributed by atoms with Crippen molar-refractivity contribution < 1.29 is 9.53 Å². The number of ether oxygens (including phenoxy) is 1. The van der Waals surface area contributed by atoms with Crippen LogP contribution in [0, 0.1) is 0 Å². The van der Waals surface area contributed by atoms with Crippen molar-refractivity contribution in [2.45, 2.75) is 19.9 Å². The smallest absolute Gasteiger partial charge is 0.251 e. The van der Waals surface area contributed by atoms with Crippen LogP contribution in [0.1, 0.15) is 35.8 Å². The minimum absolute atomic E-state index is 0.0418. The summed E-state index contributed by atoms with van der Waals surface area (Å²) in [6.45, 7) is 6.45. The van der Waals surface area contributed by atoms with Crippen LogP contribution in [0.4, 0.5) is 5.82 Å². The van der Waals surface area contributed by atoms with E-state index in [2.05, 4.69) is 40.4 Å². The predicted octanol–water partition coefficient (Wildman–Crippen LogP) is 3.60. The number of amides is 1. The SMILES string of the molecule is CCN(CC)C(CNC(=O)c1cc(Cl)nc(NC)c1)c1cccc(OC)c1. The molecule has 7 heteroatoms. The van der Waals surface area contributed by atoms with Gasteiger partial charge in [0.25, 0.3) is 5.91 Å². The Morgan fingerprint density at radius 1 is 1.26 bits per heavy atom. The van der Waals surface area contributed by atoms with Crippen LogP contribution in [-0.4, -0.2) is 49.6 Å². The maximum Gasteiger partial charge on any atom is 0.251 e. The van der Waals surface area contributed by atoms with Crippen LogP contribution in [0.25, 0.3) is 0 Å². The van der Waals surface area contributed by atoms with E-state index < -0.39 is 0 Å². The van der Waals surface area contributed by atoms with Crippen molar-refractivity contribution in [2.75, 3.05) is 39.1 Å². The van der Waals surface area contributed by atoms with Gasteiger partial charge in [0.2, 0.25) is 0 Å². The van der Waals surface area contributed by atoms with Gasteiger partial charge < -0.3 is 15.4 Å². The molecule has 2 N–H and O–H groups in total. The van der Waals surface area contributed by atoms with Gasteiger partial charge >= 0.3 is 0 Å². The highest BCUT2D eigenvalue weighted by molar-refractivity contribution is 6.29. The van der Waals surface area contributed by atoms with Crippen molar-refractivity contribution in [2.24, 2.45) is 0 Å². The fourth-order valence-corrected chi connectivity index (χ4v) is 3.23. The number of carbonyl (C=O) groups excluding carboxylic acids is 1. The molecule has 1 aromatic carbocycles. The maximum absolute atomic E-state index is 12.7. The van der Waals surface area contributed by atoms with Gasteiger partial charge in [-0.2, -0.15) is 0 Å². The van der Waals surface area contributed by atoms with Crippen molar-refractivity contribution in [3.05, 3.63) is 52.7 Å². The van der Waals surface area contributed by atoms with Crippen LogP contribution in [0.3, 0.4) is 0 Å². The first kappa shape index (κ1) is 21.0. The second-order valence-corrected chi connectivity index (χ2v) is 6.42. The number of methoxy groups -OCH3 is 1. The van der Waals surface area contributed by atoms with Crippen molar-refractivity contribution in [3.8, 4) is 5.75 Å². The molecule has 1 heterocycles. The van der Waals surface area contributed by atoms with Gasteiger partial charge in [0, 0.05) is 19.2 Å². The van der Waals surface area contributed by atoms with Gasteiger partial charge in [-0.1, -0.05) is 37.6 Å². The van der Waals surface area contributed by atoms with Crippen LogP contribution in [0.15, 0.2) is 36.4 Å². The van der Waals surface area contributed by atoms with Crippen LogP contribution >= 0.6 is 11.6 Å². The lowest BCUT2D eigenvalue weighted by molar-refractivity contribution is 0.0935. The Hall–Kier alpha value is -2.31. The Balaban J connectivity index is 2.20. The van der Waals surface area contributed by atoms with Crippen molar-refractivity contribution in [3.63, 3.8) is 0 Å². The zero-order valence-corrected chi connectivity index (χ0v) is 17.0. The van der Waals surface area contributed by atoms with Gasteiger partial charge in [-0.3, -0.25) is 9.69 Å². The van der Waals surface area contributed by atoms with E-state index in [1.807, 2.05) is 18.2 Å². The standard InChI is InChI=1S/C20H27ClN4O2/c1-5-25(6-2)17(14-8-7-9-16(10-14)27-4)13-23-20(26)15-11-18(21)24-19(12-15)22-3/h7-12,17H,5-6,13H2,1-4H3,(H,22,24)(H,23,26). The molecule has 0 aliphatic rings. The lowest BCUT2D eigenvalue weighted by Gasteiger charge is -2.30. The monoisotopic (exact) mass is 390 g/mol. The molecule has 0 bridgehead atoms. The summed E-state index contributed by atoms with van der Waals surface area (Å²) in [5, 5.41) is 6.21. The molecule has 146 valence electrons. The topological polar surface area (TPSA) is 66.5 Å². The Morgan fingerprint density at radius 2 is 2.00 bits per heavy atom. The van der Waals surface area contributed by atoms with Crippen molar-refractivity contribution >= 4 is 23.3 Å². The van der Waals surface area contributed by atoms with E-state index in [1.165, 1.54) is 0 Å². The Bertz CT molecular complexity index is 765. The highest BCUT2D eigenvalue weighted by atomic mass is 35.5. The zero-order chi connectivity index (χ0) is 19.8. The molecule has 1 amide bonds. The molecular formula is C20H27ClN4O2. The van der Waals surface area contributed by atoms with E-state index in [0.717, 1.165) is 24.4 Å². The number of nitrogens with one attached hydrogen (secondary N) is 2. The molecule has 1 aromatic heterocycles. The highest BCUT2D eigenvalue weighted by Gasteiger charge is 2.20. The molecule has 1 atom stereocenters. The van der Waals surface area contributed by atoms with E-state index in [-0.39, 0.29) is 17.1 Å². The molecule has 0 radical (unpaired) electrons. The second-order valence-electron chi connectivity index (χ2n) is 6.04. The molecule has 1 unspecified atom stereocenters. The van der Waals surface area contributed by atoms with E-state index in [4.69, 9.17) is 16.3 Å². The summed E-state index contributed by atoms with van der Waals surface area (Å²) in [7, 11) is 3.39. The number of halogens is 1. The van der Waals surface area contributed by atoms with Crippen molar-refractivity contribution in [1.82, 2.24) is 15.2 Å². The summed E-state index contributed by atoms with van der Waals surface area (Å²) in [6, 6.07) is 11.2. The predicted molar refractivity (Wildman–Crippen MR) is 110 cm³/mol. The van der Waals surface area contributed by atoms with E-state index in [0.29, 0.717) is 17.9 Å². The van der Waals surface area contributed by atoms with Crippen LogP contribution < -0.4 is 15.4 Å². The number of rotatable bonds is 9. The largest absolute Gasteiger partial charge is 0.497 e. The van der Waals surface area contributed by atoms with Gasteiger partial charge in [0.15, 0.2) is 0 Å². The maximum atomic E-state index is 12.7. The summed E-state index contributed by atoms with van der Waals surface area (Å²) >= 11 is 6.01. The third-order valence-corrected chi connectivity index (χ3v) is 4.69. The number of aromatic nitrogens is 1. The number of likely N-dealkylation sites (N-methyl/N-ethyl adjacent to an activating group) is 1. The van der Waals surface area contributed by atoms with Gasteiger partial charge in [0.1, 0.15) is 16.7 Å². The summed E-state index contributed by atoms with van der Waals surface area (Å²) in [4.78, 5) is 19.1. The van der Waals surface area contributed by atoms with Crippen molar-refractivity contribution in [1.29, 1.82) is 0 Å². The fourth-order valence-electron chi connectivity index (χ4n) is 3.02. The molecule has 6 nitrogen and oxygen atoms in total. The number of hydrogen-bond donors (Lipinski definition) is 2. The van der Waals surface area contributed by atoms with Gasteiger partial charge in [-0.15, -0.1) is 0 Å². The molecule has 0 saturated heterocycles. The van der Waals surface area contributed by atoms with Gasteiger partial charge in [0.05, 0.1) is 13.2 Å². The van der Waals surface area contributed by atoms with E-state index >= 15 is 0 Å². The number of hydrogen-bond acceptors (Lipinski definition) is 5. The number of benzene rings is 1. The first-order valence-electron chi connectivity index (χ1n) is 9.03. The minimum Gasteiger partial charge on any atom is -0.497 e. The average Bonchev–Trinajstić information content (AvgIpc) is 2.70. The zero-order valence-electron chi connectivity index (χ0n) is 16.3. The third-order valence-electron chi connectivity index (χ3n) is 4.50. The summed E-state index contributed by atoms with van der Waals surface area (Å²) in [5.74, 6) is 1.17. The molecule has 2 rings (SSSR count). The van der Waals surface area contributed by atoms with E-state index in [9.17, 15) is 4.79 Å². The molecule has 0 fully saturated rings.